The van der Waals surface area contributed by atoms with Gasteiger partial charge in [0.25, 0.3) is 0 Å². The van der Waals surface area contributed by atoms with Crippen molar-refractivity contribution in [3.05, 3.63) is 82.9 Å². The minimum absolute atomic E-state index is 1.08. The molecule has 0 saturated carbocycles. The topological polar surface area (TPSA) is 24.7 Å². The van der Waals surface area contributed by atoms with E-state index in [1.807, 2.05) is 12.4 Å². The Kier molecular flexibility index (Phi) is 11.4. The number of aryl methyl sites for hydroxylation is 2. The predicted molar refractivity (Wildman–Crippen MR) is 128 cm³/mol. The van der Waals surface area contributed by atoms with Gasteiger partial charge in [0, 0.05) is 0 Å². The Balaban J connectivity index is 1.74. The minimum atomic E-state index is 1.08. The fourth-order valence-corrected chi connectivity index (χ4v) is 3.21. The summed E-state index contributed by atoms with van der Waals surface area (Å²) in [4.78, 5) is 0. The van der Waals surface area contributed by atoms with Crippen LogP contribution < -0.4 is 0 Å². The SMILES string of the molecule is CCC=CCCc1ccc(C=NN=Cc2ccc(CCCCCCC)cc2)cc1. The van der Waals surface area contributed by atoms with Crippen molar-refractivity contribution >= 4 is 12.4 Å². The zero-order valence-electron chi connectivity index (χ0n) is 18.2. The highest BCUT2D eigenvalue weighted by Crippen LogP contribution is 2.10. The van der Waals surface area contributed by atoms with Gasteiger partial charge in [0.05, 0.1) is 12.4 Å². The van der Waals surface area contributed by atoms with Crippen LogP contribution in [0.25, 0.3) is 0 Å². The highest BCUT2D eigenvalue weighted by molar-refractivity contribution is 5.82. The monoisotopic (exact) mass is 388 g/mol. The summed E-state index contributed by atoms with van der Waals surface area (Å²) in [5, 5.41) is 8.38. The van der Waals surface area contributed by atoms with Crippen molar-refractivity contribution in [2.75, 3.05) is 0 Å². The first kappa shape index (κ1) is 22.8. The molecule has 0 N–H and O–H groups in total. The van der Waals surface area contributed by atoms with Crippen LogP contribution in [0.3, 0.4) is 0 Å². The maximum Gasteiger partial charge on any atom is 0.0568 e. The summed E-state index contributed by atoms with van der Waals surface area (Å²) in [5.74, 6) is 0. The Morgan fingerprint density at radius 3 is 1.72 bits per heavy atom. The molecule has 0 aliphatic heterocycles. The lowest BCUT2D eigenvalue weighted by Crippen LogP contribution is -1.88. The molecule has 0 saturated heterocycles. The van der Waals surface area contributed by atoms with Gasteiger partial charge in [-0.3, -0.25) is 0 Å². The summed E-state index contributed by atoms with van der Waals surface area (Å²) in [6.07, 6.45) is 19.2. The average Bonchev–Trinajstić information content (AvgIpc) is 2.76. The van der Waals surface area contributed by atoms with Crippen molar-refractivity contribution in [1.82, 2.24) is 0 Å². The number of unbranched alkanes of at least 4 members (excludes halogenated alkanes) is 4. The maximum atomic E-state index is 4.19. The molecule has 0 atom stereocenters. The lowest BCUT2D eigenvalue weighted by atomic mass is 10.0. The summed E-state index contributed by atoms with van der Waals surface area (Å²) in [6.45, 7) is 4.42. The Bertz CT molecular complexity index is 752. The van der Waals surface area contributed by atoms with E-state index >= 15 is 0 Å². The number of rotatable bonds is 13. The van der Waals surface area contributed by atoms with Crippen LogP contribution in [0.15, 0.2) is 70.9 Å². The normalized spacial score (nSPS) is 11.9. The number of nitrogens with zero attached hydrogens (tertiary/aromatic N) is 2. The fourth-order valence-electron chi connectivity index (χ4n) is 3.21. The molecule has 2 aromatic rings. The van der Waals surface area contributed by atoms with Crippen LogP contribution in [-0.2, 0) is 12.8 Å². The first-order valence-corrected chi connectivity index (χ1v) is 11.2. The Morgan fingerprint density at radius 2 is 1.17 bits per heavy atom. The van der Waals surface area contributed by atoms with Gasteiger partial charge in [-0.05, 0) is 54.4 Å². The molecule has 2 heteroatoms. The van der Waals surface area contributed by atoms with Crippen molar-refractivity contribution in [1.29, 1.82) is 0 Å². The van der Waals surface area contributed by atoms with Gasteiger partial charge in [-0.2, -0.15) is 10.2 Å². The smallest absolute Gasteiger partial charge is 0.0568 e. The average molecular weight is 389 g/mol. The van der Waals surface area contributed by atoms with Crippen LogP contribution in [0.2, 0.25) is 0 Å². The summed E-state index contributed by atoms with van der Waals surface area (Å²) in [6, 6.07) is 17.2. The van der Waals surface area contributed by atoms with Crippen molar-refractivity contribution < 1.29 is 0 Å². The van der Waals surface area contributed by atoms with Gasteiger partial charge < -0.3 is 0 Å². The molecule has 0 aromatic heterocycles. The van der Waals surface area contributed by atoms with Crippen LogP contribution in [0.5, 0.6) is 0 Å². The lowest BCUT2D eigenvalue weighted by molar-refractivity contribution is 0.632. The van der Waals surface area contributed by atoms with Crippen molar-refractivity contribution in [2.45, 2.75) is 71.6 Å². The van der Waals surface area contributed by atoms with Crippen LogP contribution in [0.1, 0.15) is 81.0 Å². The summed E-state index contributed by atoms with van der Waals surface area (Å²) >= 11 is 0. The third-order valence-electron chi connectivity index (χ3n) is 5.01. The predicted octanol–water partition coefficient (Wildman–Crippen LogP) is 7.55. The molecule has 0 bridgehead atoms. The molecule has 29 heavy (non-hydrogen) atoms. The third kappa shape index (κ3) is 10.0. The molecule has 0 spiro atoms. The van der Waals surface area contributed by atoms with E-state index < -0.39 is 0 Å². The quantitative estimate of drug-likeness (QED) is 0.146. The van der Waals surface area contributed by atoms with Crippen molar-refractivity contribution in [2.24, 2.45) is 10.2 Å². The number of allylic oxidation sites excluding steroid dienone is 2. The molecule has 154 valence electrons. The highest BCUT2D eigenvalue weighted by Gasteiger charge is 1.95. The van der Waals surface area contributed by atoms with Crippen LogP contribution in [0, 0.1) is 0 Å². The van der Waals surface area contributed by atoms with E-state index in [9.17, 15) is 0 Å². The number of benzene rings is 2. The minimum Gasteiger partial charge on any atom is -0.159 e. The molecular weight excluding hydrogens is 352 g/mol. The zero-order valence-corrected chi connectivity index (χ0v) is 18.2. The summed E-state index contributed by atoms with van der Waals surface area (Å²) < 4.78 is 0. The molecule has 2 aromatic carbocycles. The fraction of sp³-hybridized carbons (Fsp3) is 0.407. The molecular formula is C27H36N2. The first-order valence-electron chi connectivity index (χ1n) is 11.2. The molecule has 0 unspecified atom stereocenters. The molecule has 0 radical (unpaired) electrons. The molecule has 2 nitrogen and oxygen atoms in total. The summed E-state index contributed by atoms with van der Waals surface area (Å²) in [7, 11) is 0. The molecule has 0 aliphatic carbocycles. The van der Waals surface area contributed by atoms with E-state index in [-0.39, 0.29) is 0 Å². The molecule has 2 rings (SSSR count). The second kappa shape index (κ2) is 14.5. The molecule has 0 fully saturated rings. The van der Waals surface area contributed by atoms with Gasteiger partial charge >= 0.3 is 0 Å². The van der Waals surface area contributed by atoms with Gasteiger partial charge in [-0.1, -0.05) is 100 Å². The van der Waals surface area contributed by atoms with E-state index in [0.29, 0.717) is 0 Å². The molecule has 0 aliphatic rings. The third-order valence-corrected chi connectivity index (χ3v) is 5.01. The standard InChI is InChI=1S/C27H36N2/c1-3-5-7-9-11-13-25-16-20-27(21-17-25)23-29-28-22-26-18-14-24(15-19-26)12-10-8-6-4-2/h6,8,14-23H,3-5,7,9-13H2,1-2H3. The number of hydrogen-bond acceptors (Lipinski definition) is 2. The summed E-state index contributed by atoms with van der Waals surface area (Å²) in [5.41, 5.74) is 4.94. The van der Waals surface area contributed by atoms with Crippen molar-refractivity contribution in [3.63, 3.8) is 0 Å². The van der Waals surface area contributed by atoms with Crippen molar-refractivity contribution in [3.8, 4) is 0 Å². The lowest BCUT2D eigenvalue weighted by Gasteiger charge is -2.02. The maximum absolute atomic E-state index is 4.19. The van der Waals surface area contributed by atoms with Gasteiger partial charge in [-0.25, -0.2) is 0 Å². The van der Waals surface area contributed by atoms with Crippen LogP contribution in [0.4, 0.5) is 0 Å². The largest absolute Gasteiger partial charge is 0.159 e. The highest BCUT2D eigenvalue weighted by atomic mass is 15.2. The first-order chi connectivity index (χ1) is 14.3. The van der Waals surface area contributed by atoms with E-state index in [2.05, 4.69) is 84.7 Å². The van der Waals surface area contributed by atoms with E-state index in [4.69, 9.17) is 0 Å². The molecule has 0 amide bonds. The second-order valence-electron chi connectivity index (χ2n) is 7.55. The Labute approximate surface area is 177 Å². The second-order valence-corrected chi connectivity index (χ2v) is 7.55. The zero-order chi connectivity index (χ0) is 20.6. The van der Waals surface area contributed by atoms with Crippen LogP contribution in [-0.4, -0.2) is 12.4 Å². The van der Waals surface area contributed by atoms with Gasteiger partial charge in [0.2, 0.25) is 0 Å². The van der Waals surface area contributed by atoms with E-state index in [1.54, 1.807) is 0 Å². The van der Waals surface area contributed by atoms with Gasteiger partial charge in [0.1, 0.15) is 0 Å². The van der Waals surface area contributed by atoms with Gasteiger partial charge in [0.15, 0.2) is 0 Å². The van der Waals surface area contributed by atoms with Crippen LogP contribution >= 0.6 is 0 Å². The Morgan fingerprint density at radius 1 is 0.621 bits per heavy atom. The van der Waals surface area contributed by atoms with E-state index in [1.165, 1.54) is 49.7 Å². The van der Waals surface area contributed by atoms with Gasteiger partial charge in [-0.15, -0.1) is 0 Å². The number of hydrogen-bond donors (Lipinski definition) is 0. The Hall–Kier alpha value is -2.48. The molecule has 0 heterocycles. The van der Waals surface area contributed by atoms with E-state index in [0.717, 1.165) is 30.4 Å².